The van der Waals surface area contributed by atoms with Crippen LogP contribution in [0.15, 0.2) is 12.3 Å². The van der Waals surface area contributed by atoms with Crippen LogP contribution in [-0.4, -0.2) is 72.0 Å². The second-order valence-electron chi connectivity index (χ2n) is 9.83. The van der Waals surface area contributed by atoms with Crippen molar-refractivity contribution in [2.24, 2.45) is 5.73 Å². The molecule has 0 aromatic carbocycles. The smallest absolute Gasteiger partial charge is 0.263 e. The normalized spacial score (nSPS) is 22.3. The van der Waals surface area contributed by atoms with Crippen molar-refractivity contribution in [1.82, 2.24) is 20.3 Å². The summed E-state index contributed by atoms with van der Waals surface area (Å²) < 4.78 is 26.3. The summed E-state index contributed by atoms with van der Waals surface area (Å²) in [7, 11) is 1.62. The van der Waals surface area contributed by atoms with Crippen LogP contribution in [0.4, 0.5) is 15.9 Å². The monoisotopic (exact) mass is 529 g/mol. The number of aromatic nitrogens is 3. The molecule has 0 saturated carbocycles. The Balaban J connectivity index is 1.26. The molecule has 10 nitrogen and oxygen atoms in total. The summed E-state index contributed by atoms with van der Waals surface area (Å²) in [5, 5.41) is 3.05. The Labute approximate surface area is 218 Å². The number of nitrogens with two attached hydrogens (primary N) is 2. The highest BCUT2D eigenvalue weighted by Gasteiger charge is 2.35. The molecule has 0 bridgehead atoms. The number of carbonyl (C=O) groups excluding carboxylic acids is 1. The highest BCUT2D eigenvalue weighted by molar-refractivity contribution is 7.21. The van der Waals surface area contributed by atoms with Gasteiger partial charge in [0.15, 0.2) is 11.6 Å². The Morgan fingerprint density at radius 2 is 2.19 bits per heavy atom. The van der Waals surface area contributed by atoms with Gasteiger partial charge in [0.05, 0.1) is 36.2 Å². The van der Waals surface area contributed by atoms with Crippen molar-refractivity contribution in [2.75, 3.05) is 37.4 Å². The molecule has 12 heteroatoms. The lowest BCUT2D eigenvalue weighted by Crippen LogP contribution is -2.39. The number of hydrogen-bond acceptors (Lipinski definition) is 10. The fourth-order valence-electron chi connectivity index (χ4n) is 5.05. The van der Waals surface area contributed by atoms with Gasteiger partial charge in [0, 0.05) is 38.1 Å². The van der Waals surface area contributed by atoms with Crippen LogP contribution in [0.1, 0.15) is 40.0 Å². The number of fused-ring (bicyclic) bond motifs is 2. The number of pyridine rings is 1. The molecule has 0 spiro atoms. The van der Waals surface area contributed by atoms with E-state index in [2.05, 4.69) is 20.3 Å². The number of rotatable bonds is 7. The van der Waals surface area contributed by atoms with E-state index in [0.29, 0.717) is 65.7 Å². The minimum absolute atomic E-state index is 0.103. The minimum Gasteiger partial charge on any atom is -0.396 e. The van der Waals surface area contributed by atoms with Crippen LogP contribution in [0, 0.1) is 12.7 Å². The molecule has 5 N–H and O–H groups in total. The molecule has 3 aromatic heterocycles. The average Bonchev–Trinajstić information content (AvgIpc) is 3.37. The van der Waals surface area contributed by atoms with Crippen molar-refractivity contribution >= 4 is 39.1 Å². The van der Waals surface area contributed by atoms with Gasteiger partial charge in [-0.15, -0.1) is 11.3 Å². The van der Waals surface area contributed by atoms with Gasteiger partial charge in [0.2, 0.25) is 0 Å². The Morgan fingerprint density at radius 1 is 1.38 bits per heavy atom. The lowest BCUT2D eigenvalue weighted by molar-refractivity contribution is -0.0348. The van der Waals surface area contributed by atoms with Gasteiger partial charge >= 0.3 is 0 Å². The molecule has 1 fully saturated rings. The molecule has 3 aromatic rings. The topological polar surface area (TPSA) is 142 Å². The molecule has 1 amide bonds. The van der Waals surface area contributed by atoms with E-state index in [9.17, 15) is 4.79 Å². The summed E-state index contributed by atoms with van der Waals surface area (Å²) in [6.45, 7) is 5.17. The van der Waals surface area contributed by atoms with E-state index in [0.717, 1.165) is 17.0 Å². The van der Waals surface area contributed by atoms with E-state index in [1.54, 1.807) is 13.3 Å². The number of aryl methyl sites for hydroxylation is 2. The van der Waals surface area contributed by atoms with Crippen molar-refractivity contribution in [3.05, 3.63) is 39.9 Å². The third kappa shape index (κ3) is 5.24. The molecule has 5 rings (SSSR count). The second-order valence-corrected chi connectivity index (χ2v) is 10.8. The third-order valence-electron chi connectivity index (χ3n) is 6.84. The molecule has 4 heterocycles. The van der Waals surface area contributed by atoms with E-state index >= 15 is 4.39 Å². The summed E-state index contributed by atoms with van der Waals surface area (Å²) in [6, 6.07) is 1.14. The summed E-state index contributed by atoms with van der Waals surface area (Å²) in [4.78, 5) is 29.3. The second kappa shape index (κ2) is 10.4. The van der Waals surface area contributed by atoms with Gasteiger partial charge < -0.3 is 31.2 Å². The number of hydrogen-bond donors (Lipinski definition) is 3. The van der Waals surface area contributed by atoms with E-state index < -0.39 is 5.82 Å². The largest absolute Gasteiger partial charge is 0.396 e. The Hall–Kier alpha value is -2.93. The average molecular weight is 530 g/mol. The number of nitrogens with one attached hydrogen (secondary N) is 1. The van der Waals surface area contributed by atoms with E-state index in [1.807, 2.05) is 18.7 Å². The fourth-order valence-corrected chi connectivity index (χ4v) is 6.05. The minimum atomic E-state index is -0.398. The van der Waals surface area contributed by atoms with Gasteiger partial charge in [0.1, 0.15) is 15.2 Å². The molecule has 4 atom stereocenters. The lowest BCUT2D eigenvalue weighted by Gasteiger charge is -2.27. The summed E-state index contributed by atoms with van der Waals surface area (Å²) in [6.07, 6.45) is 3.11. The molecule has 0 radical (unpaired) electrons. The molecule has 198 valence electrons. The molecule has 1 aliphatic heterocycles. The van der Waals surface area contributed by atoms with Crippen LogP contribution < -0.4 is 21.7 Å². The molecular formula is C25H32FN7O3S. The van der Waals surface area contributed by atoms with Gasteiger partial charge in [-0.2, -0.15) is 0 Å². The van der Waals surface area contributed by atoms with Crippen molar-refractivity contribution in [3.63, 3.8) is 0 Å². The van der Waals surface area contributed by atoms with Crippen LogP contribution >= 0.6 is 11.3 Å². The Kier molecular flexibility index (Phi) is 7.26. The Bertz CT molecular complexity index is 1320. The molecule has 4 unspecified atom stereocenters. The number of carbonyl (C=O) groups is 1. The van der Waals surface area contributed by atoms with Crippen molar-refractivity contribution in [2.45, 2.75) is 57.4 Å². The highest BCUT2D eigenvalue weighted by Crippen LogP contribution is 2.32. The quantitative estimate of drug-likeness (QED) is 0.419. The Morgan fingerprint density at radius 3 is 2.97 bits per heavy atom. The van der Waals surface area contributed by atoms with Crippen LogP contribution in [0.5, 0.6) is 0 Å². The predicted molar refractivity (Wildman–Crippen MR) is 140 cm³/mol. The summed E-state index contributed by atoms with van der Waals surface area (Å²) >= 11 is 1.23. The summed E-state index contributed by atoms with van der Waals surface area (Å²) in [5.41, 5.74) is 15.7. The zero-order valence-corrected chi connectivity index (χ0v) is 22.0. The summed E-state index contributed by atoms with van der Waals surface area (Å²) in [5.74, 6) is -0.362. The number of nitrogen functional groups attached to an aromatic ring is 1. The predicted octanol–water partition coefficient (Wildman–Crippen LogP) is 1.97. The van der Waals surface area contributed by atoms with Crippen molar-refractivity contribution in [3.8, 4) is 0 Å². The van der Waals surface area contributed by atoms with E-state index in [-0.39, 0.29) is 30.2 Å². The van der Waals surface area contributed by atoms with Crippen LogP contribution in [-0.2, 0) is 22.3 Å². The molecule has 2 aliphatic rings. The van der Waals surface area contributed by atoms with Crippen molar-refractivity contribution in [1.29, 1.82) is 0 Å². The SMILES string of the molecule is COCC(C)OC1CN(c2nc3c(cc2F)CC(NC(=O)c2sc4nc(C)cnc4c2N)CC3)CC1N. The van der Waals surface area contributed by atoms with Gasteiger partial charge in [-0.1, -0.05) is 0 Å². The van der Waals surface area contributed by atoms with Crippen molar-refractivity contribution < 1.29 is 18.7 Å². The zero-order chi connectivity index (χ0) is 26.3. The van der Waals surface area contributed by atoms with Crippen LogP contribution in [0.2, 0.25) is 0 Å². The third-order valence-corrected chi connectivity index (χ3v) is 7.93. The first kappa shape index (κ1) is 25.7. The fraction of sp³-hybridized carbons (Fsp3) is 0.520. The van der Waals surface area contributed by atoms with Crippen LogP contribution in [0.3, 0.4) is 0 Å². The van der Waals surface area contributed by atoms with E-state index in [4.69, 9.17) is 20.9 Å². The number of thiophene rings is 1. The standard InChI is InChI=1S/C25H32FN7O3S/c1-12-8-29-21-20(28)22(37-25(21)30-12)24(34)31-15-4-5-18-14(6-15)7-16(26)23(32-18)33-9-17(27)19(10-33)36-13(2)11-35-3/h7-8,13,15,17,19H,4-6,9-11,27-28H2,1-3H3,(H,31,34). The van der Waals surface area contributed by atoms with Gasteiger partial charge in [-0.3, -0.25) is 4.79 Å². The maximum absolute atomic E-state index is 15.2. The number of methoxy groups -OCH3 is 1. The van der Waals surface area contributed by atoms with Crippen LogP contribution in [0.25, 0.3) is 10.3 Å². The number of ether oxygens (including phenoxy) is 2. The number of nitrogens with zero attached hydrogens (tertiary/aromatic N) is 4. The maximum Gasteiger partial charge on any atom is 0.263 e. The van der Waals surface area contributed by atoms with E-state index in [1.165, 1.54) is 17.4 Å². The number of halogens is 1. The number of anilines is 2. The molecule has 1 aliphatic carbocycles. The number of amides is 1. The molecule has 37 heavy (non-hydrogen) atoms. The first-order valence-corrected chi connectivity index (χ1v) is 13.2. The molecule has 1 saturated heterocycles. The maximum atomic E-state index is 15.2. The van der Waals surface area contributed by atoms with Gasteiger partial charge in [-0.25, -0.2) is 19.3 Å². The first-order chi connectivity index (χ1) is 17.7. The first-order valence-electron chi connectivity index (χ1n) is 12.4. The molecular weight excluding hydrogens is 497 g/mol. The lowest BCUT2D eigenvalue weighted by atomic mass is 9.91. The zero-order valence-electron chi connectivity index (χ0n) is 21.2. The van der Waals surface area contributed by atoms with Gasteiger partial charge in [0.25, 0.3) is 5.91 Å². The highest BCUT2D eigenvalue weighted by atomic mass is 32.1. The van der Waals surface area contributed by atoms with Gasteiger partial charge in [-0.05, 0) is 44.7 Å².